The molecule has 19 heavy (non-hydrogen) atoms. The van der Waals surface area contributed by atoms with Gasteiger partial charge < -0.3 is 10.1 Å². The molecule has 4 heteroatoms. The molecule has 0 saturated heterocycles. The third kappa shape index (κ3) is 3.94. The molecule has 0 unspecified atom stereocenters. The quantitative estimate of drug-likeness (QED) is 0.898. The fourth-order valence-electron chi connectivity index (χ4n) is 1.67. The first kappa shape index (κ1) is 13.8. The zero-order valence-electron chi connectivity index (χ0n) is 11.1. The lowest BCUT2D eigenvalue weighted by atomic mass is 10.2. The maximum atomic E-state index is 6.14. The second-order valence-electron chi connectivity index (χ2n) is 4.28. The van der Waals surface area contributed by atoms with Gasteiger partial charge in [0.2, 0.25) is 5.88 Å². The molecule has 1 aromatic carbocycles. The number of rotatable bonds is 5. The predicted molar refractivity (Wildman–Crippen MR) is 77.9 cm³/mol. The summed E-state index contributed by atoms with van der Waals surface area (Å²) < 4.78 is 5.71. The Morgan fingerprint density at radius 2 is 2.11 bits per heavy atom. The summed E-state index contributed by atoms with van der Waals surface area (Å²) in [5.41, 5.74) is 2.05. The van der Waals surface area contributed by atoms with Crippen LogP contribution in [0.5, 0.6) is 11.6 Å². The molecule has 0 spiro atoms. The summed E-state index contributed by atoms with van der Waals surface area (Å²) in [6, 6.07) is 11.4. The van der Waals surface area contributed by atoms with Crippen LogP contribution in [0.3, 0.4) is 0 Å². The molecular weight excluding hydrogens is 260 g/mol. The van der Waals surface area contributed by atoms with E-state index in [1.807, 2.05) is 43.3 Å². The number of ether oxygens (including phenoxy) is 1. The standard InChI is InChI=1S/C15H17ClN2O/c1-3-17-10-12-5-4-6-15(18-12)19-14-8-7-11(2)9-13(14)16/h4-9,17H,3,10H2,1-2H3. The van der Waals surface area contributed by atoms with Gasteiger partial charge in [0.25, 0.3) is 0 Å². The lowest BCUT2D eigenvalue weighted by molar-refractivity contribution is 0.460. The van der Waals surface area contributed by atoms with E-state index in [9.17, 15) is 0 Å². The van der Waals surface area contributed by atoms with Crippen LogP contribution in [-0.2, 0) is 6.54 Å². The van der Waals surface area contributed by atoms with E-state index < -0.39 is 0 Å². The van der Waals surface area contributed by atoms with Gasteiger partial charge in [-0.2, -0.15) is 0 Å². The second kappa shape index (κ2) is 6.55. The van der Waals surface area contributed by atoms with Crippen LogP contribution < -0.4 is 10.1 Å². The summed E-state index contributed by atoms with van der Waals surface area (Å²) in [4.78, 5) is 4.43. The summed E-state index contributed by atoms with van der Waals surface area (Å²) in [5, 5.41) is 3.83. The van der Waals surface area contributed by atoms with Gasteiger partial charge in [-0.3, -0.25) is 0 Å². The number of nitrogens with one attached hydrogen (secondary N) is 1. The van der Waals surface area contributed by atoms with Crippen LogP contribution in [0.4, 0.5) is 0 Å². The van der Waals surface area contributed by atoms with Crippen molar-refractivity contribution in [2.45, 2.75) is 20.4 Å². The van der Waals surface area contributed by atoms with Gasteiger partial charge in [-0.25, -0.2) is 4.98 Å². The molecule has 0 aliphatic carbocycles. The van der Waals surface area contributed by atoms with Crippen molar-refractivity contribution in [1.82, 2.24) is 10.3 Å². The number of aryl methyl sites for hydroxylation is 1. The second-order valence-corrected chi connectivity index (χ2v) is 4.69. The van der Waals surface area contributed by atoms with Gasteiger partial charge in [-0.1, -0.05) is 30.7 Å². The SMILES string of the molecule is CCNCc1cccc(Oc2ccc(C)cc2Cl)n1. The average Bonchev–Trinajstić information content (AvgIpc) is 2.40. The van der Waals surface area contributed by atoms with E-state index in [1.165, 1.54) is 0 Å². The van der Waals surface area contributed by atoms with E-state index in [1.54, 1.807) is 0 Å². The number of aromatic nitrogens is 1. The van der Waals surface area contributed by atoms with Gasteiger partial charge in [-0.05, 0) is 37.2 Å². The third-order valence-electron chi connectivity index (χ3n) is 2.64. The Kier molecular flexibility index (Phi) is 4.77. The van der Waals surface area contributed by atoms with Crippen LogP contribution >= 0.6 is 11.6 Å². The van der Waals surface area contributed by atoms with E-state index in [0.717, 1.165) is 24.3 Å². The summed E-state index contributed by atoms with van der Waals surface area (Å²) >= 11 is 6.14. The average molecular weight is 277 g/mol. The molecule has 0 radical (unpaired) electrons. The lowest BCUT2D eigenvalue weighted by Crippen LogP contribution is -2.12. The smallest absolute Gasteiger partial charge is 0.219 e. The summed E-state index contributed by atoms with van der Waals surface area (Å²) in [6.07, 6.45) is 0. The first-order valence-corrected chi connectivity index (χ1v) is 6.67. The highest BCUT2D eigenvalue weighted by Gasteiger charge is 2.05. The predicted octanol–water partition coefficient (Wildman–Crippen LogP) is 3.95. The van der Waals surface area contributed by atoms with Crippen molar-refractivity contribution in [3.63, 3.8) is 0 Å². The highest BCUT2D eigenvalue weighted by molar-refractivity contribution is 6.32. The van der Waals surface area contributed by atoms with Crippen molar-refractivity contribution in [1.29, 1.82) is 0 Å². The van der Waals surface area contributed by atoms with Crippen LogP contribution in [0.2, 0.25) is 5.02 Å². The molecule has 0 bridgehead atoms. The summed E-state index contributed by atoms with van der Waals surface area (Å²) in [5.74, 6) is 1.18. The van der Waals surface area contributed by atoms with E-state index >= 15 is 0 Å². The Morgan fingerprint density at radius 3 is 2.84 bits per heavy atom. The number of benzene rings is 1. The molecule has 0 aliphatic heterocycles. The molecule has 0 saturated carbocycles. The lowest BCUT2D eigenvalue weighted by Gasteiger charge is -2.08. The Morgan fingerprint density at radius 1 is 1.26 bits per heavy atom. The number of hydrogen-bond acceptors (Lipinski definition) is 3. The molecule has 100 valence electrons. The fraction of sp³-hybridized carbons (Fsp3) is 0.267. The van der Waals surface area contributed by atoms with Gasteiger partial charge in [0.05, 0.1) is 10.7 Å². The van der Waals surface area contributed by atoms with Gasteiger partial charge in [0.1, 0.15) is 5.75 Å². The number of pyridine rings is 1. The fourth-order valence-corrected chi connectivity index (χ4v) is 1.94. The Balaban J connectivity index is 2.14. The minimum atomic E-state index is 0.557. The maximum Gasteiger partial charge on any atom is 0.219 e. The number of nitrogens with zero attached hydrogens (tertiary/aromatic N) is 1. The van der Waals surface area contributed by atoms with Crippen molar-refractivity contribution < 1.29 is 4.74 Å². The zero-order chi connectivity index (χ0) is 13.7. The Hall–Kier alpha value is -1.58. The van der Waals surface area contributed by atoms with Crippen molar-refractivity contribution in [3.05, 3.63) is 52.7 Å². The molecule has 0 amide bonds. The van der Waals surface area contributed by atoms with Crippen LogP contribution in [0.1, 0.15) is 18.2 Å². The molecule has 2 rings (SSSR count). The van der Waals surface area contributed by atoms with Crippen molar-refractivity contribution in [3.8, 4) is 11.6 Å². The van der Waals surface area contributed by atoms with Gasteiger partial charge in [0.15, 0.2) is 0 Å². The zero-order valence-corrected chi connectivity index (χ0v) is 11.9. The van der Waals surface area contributed by atoms with Crippen LogP contribution in [-0.4, -0.2) is 11.5 Å². The monoisotopic (exact) mass is 276 g/mol. The maximum absolute atomic E-state index is 6.14. The van der Waals surface area contributed by atoms with E-state index in [4.69, 9.17) is 16.3 Å². The van der Waals surface area contributed by atoms with Crippen LogP contribution in [0.15, 0.2) is 36.4 Å². The molecule has 0 atom stereocenters. The first-order chi connectivity index (χ1) is 9.19. The number of halogens is 1. The van der Waals surface area contributed by atoms with E-state index in [0.29, 0.717) is 16.7 Å². The van der Waals surface area contributed by atoms with Gasteiger partial charge in [-0.15, -0.1) is 0 Å². The van der Waals surface area contributed by atoms with Crippen molar-refractivity contribution in [2.24, 2.45) is 0 Å². The highest BCUT2D eigenvalue weighted by Crippen LogP contribution is 2.29. The Labute approximate surface area is 118 Å². The van der Waals surface area contributed by atoms with Crippen molar-refractivity contribution in [2.75, 3.05) is 6.54 Å². The molecule has 1 N–H and O–H groups in total. The first-order valence-electron chi connectivity index (χ1n) is 6.29. The van der Waals surface area contributed by atoms with Crippen molar-refractivity contribution >= 4 is 11.6 Å². The third-order valence-corrected chi connectivity index (χ3v) is 2.93. The largest absolute Gasteiger partial charge is 0.437 e. The molecule has 0 fully saturated rings. The topological polar surface area (TPSA) is 34.1 Å². The van der Waals surface area contributed by atoms with E-state index in [-0.39, 0.29) is 0 Å². The van der Waals surface area contributed by atoms with Gasteiger partial charge >= 0.3 is 0 Å². The van der Waals surface area contributed by atoms with Crippen LogP contribution in [0, 0.1) is 6.92 Å². The minimum Gasteiger partial charge on any atom is -0.437 e. The molecule has 3 nitrogen and oxygen atoms in total. The Bertz CT molecular complexity index is 558. The van der Waals surface area contributed by atoms with Gasteiger partial charge in [0, 0.05) is 12.6 Å². The number of hydrogen-bond donors (Lipinski definition) is 1. The minimum absolute atomic E-state index is 0.557. The molecule has 1 heterocycles. The highest BCUT2D eigenvalue weighted by atomic mass is 35.5. The molecule has 2 aromatic rings. The molecule has 0 aliphatic rings. The normalized spacial score (nSPS) is 10.5. The molecule has 1 aromatic heterocycles. The molecular formula is C15H17ClN2O. The summed E-state index contributed by atoms with van der Waals surface area (Å²) in [6.45, 7) is 5.70. The van der Waals surface area contributed by atoms with E-state index in [2.05, 4.69) is 17.2 Å². The van der Waals surface area contributed by atoms with Crippen LogP contribution in [0.25, 0.3) is 0 Å². The summed E-state index contributed by atoms with van der Waals surface area (Å²) in [7, 11) is 0.